The lowest BCUT2D eigenvalue weighted by Crippen LogP contribution is -2.53. The molecule has 0 bridgehead atoms. The third-order valence-corrected chi connectivity index (χ3v) is 5.55. The van der Waals surface area contributed by atoms with Gasteiger partial charge in [-0.15, -0.1) is 0 Å². The smallest absolute Gasteiger partial charge is 0.481 e. The third-order valence-electron chi connectivity index (χ3n) is 5.55. The maximum Gasteiger partial charge on any atom is 0.491 e. The van der Waals surface area contributed by atoms with E-state index >= 15 is 0 Å². The first-order valence-corrected chi connectivity index (χ1v) is 12.2. The van der Waals surface area contributed by atoms with Crippen LogP contribution in [0.4, 0.5) is 13.2 Å². The molecule has 230 valence electrons. The number of nitrogens with one attached hydrogen (secondary N) is 4. The molecule has 17 heteroatoms. The summed E-state index contributed by atoms with van der Waals surface area (Å²) in [5, 5.41) is 32.8. The summed E-state index contributed by atoms with van der Waals surface area (Å²) in [7, 11) is 0. The molecular formula is C26H26F3N5O9. The number of amidine groups is 1. The summed E-state index contributed by atoms with van der Waals surface area (Å²) >= 11 is 0. The fourth-order valence-corrected chi connectivity index (χ4v) is 3.41. The first-order valence-electron chi connectivity index (χ1n) is 12.2. The van der Waals surface area contributed by atoms with Gasteiger partial charge in [0.15, 0.2) is 0 Å². The molecule has 0 aliphatic carbocycles. The number of rotatable bonds is 14. The number of halogens is 3. The highest BCUT2D eigenvalue weighted by Gasteiger charge is 2.41. The van der Waals surface area contributed by atoms with Crippen molar-refractivity contribution in [3.05, 3.63) is 65.2 Å². The summed E-state index contributed by atoms with van der Waals surface area (Å²) in [4.78, 5) is 71.2. The molecule has 0 saturated heterocycles. The van der Waals surface area contributed by atoms with Crippen LogP contribution in [0.15, 0.2) is 48.5 Å². The quantitative estimate of drug-likeness (QED) is 0.0670. The second kappa shape index (κ2) is 14.9. The van der Waals surface area contributed by atoms with Crippen molar-refractivity contribution < 1.29 is 56.9 Å². The molecule has 2 rings (SSSR count). The fourth-order valence-electron chi connectivity index (χ4n) is 3.41. The molecule has 0 saturated carbocycles. The number of aliphatic carboxylic acids is 2. The van der Waals surface area contributed by atoms with Crippen LogP contribution >= 0.6 is 0 Å². The molecule has 0 spiro atoms. The van der Waals surface area contributed by atoms with Crippen LogP contribution in [-0.4, -0.2) is 76.5 Å². The number of carboxylic acid groups (broad SMARTS) is 2. The van der Waals surface area contributed by atoms with Crippen molar-refractivity contribution in [2.24, 2.45) is 5.73 Å². The number of carboxylic acids is 2. The van der Waals surface area contributed by atoms with Crippen LogP contribution in [0.25, 0.3) is 0 Å². The van der Waals surface area contributed by atoms with E-state index in [0.717, 1.165) is 24.3 Å². The van der Waals surface area contributed by atoms with Gasteiger partial charge >= 0.3 is 24.1 Å². The van der Waals surface area contributed by atoms with Crippen molar-refractivity contribution >= 4 is 41.5 Å². The van der Waals surface area contributed by atoms with Crippen LogP contribution in [0.1, 0.15) is 34.3 Å². The van der Waals surface area contributed by atoms with E-state index in [0.29, 0.717) is 5.56 Å². The van der Waals surface area contributed by atoms with Crippen LogP contribution < -0.4 is 26.4 Å². The molecule has 2 aromatic carbocycles. The summed E-state index contributed by atoms with van der Waals surface area (Å²) in [6, 6.07) is 6.67. The lowest BCUT2D eigenvalue weighted by molar-refractivity contribution is -0.189. The minimum absolute atomic E-state index is 0.191. The van der Waals surface area contributed by atoms with Gasteiger partial charge in [-0.1, -0.05) is 24.3 Å². The van der Waals surface area contributed by atoms with Gasteiger partial charge in [-0.25, -0.2) is 9.59 Å². The van der Waals surface area contributed by atoms with Crippen LogP contribution in [0, 0.1) is 5.41 Å². The van der Waals surface area contributed by atoms with Crippen molar-refractivity contribution in [2.45, 2.75) is 37.5 Å². The molecule has 2 aromatic rings. The van der Waals surface area contributed by atoms with Crippen molar-refractivity contribution in [1.82, 2.24) is 16.0 Å². The number of hydrogen-bond donors (Lipinski definition) is 7. The number of ether oxygens (including phenoxy) is 1. The van der Waals surface area contributed by atoms with E-state index < -0.39 is 72.5 Å². The summed E-state index contributed by atoms with van der Waals surface area (Å²) in [5.41, 5.74) is 6.16. The predicted octanol–water partition coefficient (Wildman–Crippen LogP) is 0.330. The number of nitrogens with two attached hydrogens (primary N) is 1. The summed E-state index contributed by atoms with van der Waals surface area (Å²) in [5.74, 6) is -8.67. The zero-order chi connectivity index (χ0) is 32.3. The standard InChI is InChI=1S/C26H26F3N5O9/c27-26(28,29)25(42)43-16-7-1-13(2-8-16)11-18(24(40)41)34-23(39)17(12-20(36)37)33-19(35)9-10-32-22(38)15-5-3-14(4-6-15)21(30)31/h1-8,17-18H,9-12H2,(H3,30,31)(H,32,38)(H,33,35)(H,34,39)(H,36,37)(H,40,41)/t17-,18-/m0/s1. The molecule has 14 nitrogen and oxygen atoms in total. The van der Waals surface area contributed by atoms with E-state index in [9.17, 15) is 47.0 Å². The van der Waals surface area contributed by atoms with Crippen molar-refractivity contribution in [1.29, 1.82) is 5.41 Å². The summed E-state index contributed by atoms with van der Waals surface area (Å²) in [6.45, 7) is -0.202. The molecule has 43 heavy (non-hydrogen) atoms. The van der Waals surface area contributed by atoms with Crippen LogP contribution in [-0.2, 0) is 30.4 Å². The van der Waals surface area contributed by atoms with Gasteiger partial charge < -0.3 is 36.6 Å². The molecular weight excluding hydrogens is 583 g/mol. The Kier molecular flexibility index (Phi) is 11.7. The van der Waals surface area contributed by atoms with E-state index in [1.54, 1.807) is 0 Å². The molecule has 0 radical (unpaired) electrons. The molecule has 0 heterocycles. The van der Waals surface area contributed by atoms with Gasteiger partial charge in [0, 0.05) is 30.5 Å². The van der Waals surface area contributed by atoms with E-state index in [4.69, 9.17) is 16.2 Å². The van der Waals surface area contributed by atoms with Crippen LogP contribution in [0.5, 0.6) is 5.75 Å². The van der Waals surface area contributed by atoms with Crippen molar-refractivity contribution in [2.75, 3.05) is 6.54 Å². The maximum absolute atomic E-state index is 12.7. The Bertz CT molecular complexity index is 1380. The first-order chi connectivity index (χ1) is 20.1. The normalized spacial score (nSPS) is 12.3. The number of amides is 3. The molecule has 0 fully saturated rings. The van der Waals surface area contributed by atoms with Gasteiger partial charge in [-0.05, 0) is 29.8 Å². The Labute approximate surface area is 240 Å². The molecule has 0 aliphatic rings. The highest BCUT2D eigenvalue weighted by atomic mass is 19.4. The van der Waals surface area contributed by atoms with Crippen molar-refractivity contribution in [3.63, 3.8) is 0 Å². The van der Waals surface area contributed by atoms with E-state index in [1.807, 2.05) is 0 Å². The summed E-state index contributed by atoms with van der Waals surface area (Å²) < 4.78 is 41.2. The third kappa shape index (κ3) is 11.1. The van der Waals surface area contributed by atoms with E-state index in [2.05, 4.69) is 20.7 Å². The molecule has 0 unspecified atom stereocenters. The van der Waals surface area contributed by atoms with Crippen molar-refractivity contribution in [3.8, 4) is 5.75 Å². The number of carbonyl (C=O) groups is 6. The molecule has 3 amide bonds. The average Bonchev–Trinajstić information content (AvgIpc) is 2.92. The second-order valence-electron chi connectivity index (χ2n) is 8.85. The lowest BCUT2D eigenvalue weighted by Gasteiger charge is -2.20. The SMILES string of the molecule is N=C(N)c1ccc(C(=O)NCCC(=O)N[C@@H](CC(=O)O)C(=O)N[C@@H](Cc2ccc(OC(=O)C(F)(F)F)cc2)C(=O)O)cc1. The highest BCUT2D eigenvalue weighted by Crippen LogP contribution is 2.20. The first kappa shape index (κ1) is 33.7. The maximum atomic E-state index is 12.7. The Morgan fingerprint density at radius 2 is 1.47 bits per heavy atom. The van der Waals surface area contributed by atoms with E-state index in [-0.39, 0.29) is 29.9 Å². The van der Waals surface area contributed by atoms with E-state index in [1.165, 1.54) is 24.3 Å². The zero-order valence-electron chi connectivity index (χ0n) is 22.1. The van der Waals surface area contributed by atoms with Crippen LogP contribution in [0.3, 0.4) is 0 Å². The molecule has 0 aliphatic heterocycles. The Morgan fingerprint density at radius 3 is 1.98 bits per heavy atom. The minimum atomic E-state index is -5.22. The Hall–Kier alpha value is -5.48. The van der Waals surface area contributed by atoms with Crippen LogP contribution in [0.2, 0.25) is 0 Å². The lowest BCUT2D eigenvalue weighted by atomic mass is 10.0. The van der Waals surface area contributed by atoms with Gasteiger partial charge in [-0.2, -0.15) is 13.2 Å². The van der Waals surface area contributed by atoms with Gasteiger partial charge in [0.1, 0.15) is 23.7 Å². The number of hydrogen-bond acceptors (Lipinski definition) is 8. The largest absolute Gasteiger partial charge is 0.491 e. The Balaban J connectivity index is 1.96. The average molecular weight is 610 g/mol. The molecule has 2 atom stereocenters. The number of esters is 1. The van der Waals surface area contributed by atoms with Gasteiger partial charge in [-0.3, -0.25) is 24.6 Å². The number of alkyl halides is 3. The number of carbonyl (C=O) groups excluding carboxylic acids is 4. The fraction of sp³-hybridized carbons (Fsp3) is 0.269. The number of nitrogen functional groups attached to an aromatic ring is 1. The zero-order valence-corrected chi connectivity index (χ0v) is 22.1. The predicted molar refractivity (Wildman–Crippen MR) is 140 cm³/mol. The van der Waals surface area contributed by atoms with Gasteiger partial charge in [0.05, 0.1) is 6.42 Å². The van der Waals surface area contributed by atoms with Gasteiger partial charge in [0.25, 0.3) is 5.91 Å². The Morgan fingerprint density at radius 1 is 0.884 bits per heavy atom. The monoisotopic (exact) mass is 609 g/mol. The minimum Gasteiger partial charge on any atom is -0.481 e. The summed E-state index contributed by atoms with van der Waals surface area (Å²) in [6.07, 6.45) is -6.90. The van der Waals surface area contributed by atoms with Gasteiger partial charge in [0.2, 0.25) is 11.8 Å². The number of benzene rings is 2. The highest BCUT2D eigenvalue weighted by molar-refractivity contribution is 5.98. The topological polar surface area (TPSA) is 238 Å². The molecule has 8 N–H and O–H groups in total. The molecule has 0 aromatic heterocycles. The second-order valence-corrected chi connectivity index (χ2v) is 8.85.